The first-order chi connectivity index (χ1) is 11.2. The number of rotatable bonds is 4. The van der Waals surface area contributed by atoms with Crippen LogP contribution in [-0.2, 0) is 0 Å². The Balaban J connectivity index is 1.81. The van der Waals surface area contributed by atoms with Crippen molar-refractivity contribution in [2.24, 2.45) is 5.10 Å². The molecule has 0 unspecified atom stereocenters. The fraction of sp³-hybridized carbons (Fsp3) is 0.0556. The maximum atomic E-state index is 13.5. The molecule has 0 radical (unpaired) electrons. The topological polar surface area (TPSA) is 50.2 Å². The van der Waals surface area contributed by atoms with E-state index in [9.17, 15) is 4.39 Å². The number of aromatic nitrogens is 2. The highest BCUT2D eigenvalue weighted by atomic mass is 19.1. The Morgan fingerprint density at radius 3 is 2.52 bits per heavy atom. The van der Waals surface area contributed by atoms with Crippen LogP contribution in [0.4, 0.5) is 10.2 Å². The molecule has 4 nitrogen and oxygen atoms in total. The maximum absolute atomic E-state index is 13.5. The second kappa shape index (κ2) is 6.79. The standard InChI is InChI=1S/C18H15FN4/c1-13-21-17(14-7-3-2-4-8-14)11-18(22-13)23-20-12-15-9-5-6-10-16(15)19/h2-12H,1H3,(H,21,22,23)/b20-12+. The average Bonchev–Trinajstić information content (AvgIpc) is 2.57. The van der Waals surface area contributed by atoms with E-state index in [1.807, 2.05) is 37.3 Å². The number of nitrogens with zero attached hydrogens (tertiary/aromatic N) is 3. The number of hydrogen-bond donors (Lipinski definition) is 1. The van der Waals surface area contributed by atoms with E-state index in [1.54, 1.807) is 24.3 Å². The Morgan fingerprint density at radius 1 is 1.00 bits per heavy atom. The third kappa shape index (κ3) is 3.77. The normalized spacial score (nSPS) is 10.9. The van der Waals surface area contributed by atoms with Crippen molar-refractivity contribution >= 4 is 12.0 Å². The molecule has 0 aliphatic heterocycles. The molecule has 0 saturated heterocycles. The van der Waals surface area contributed by atoms with Crippen LogP contribution in [0.5, 0.6) is 0 Å². The quantitative estimate of drug-likeness (QED) is 0.584. The fourth-order valence-corrected chi connectivity index (χ4v) is 2.13. The number of hydrazone groups is 1. The number of hydrogen-bond acceptors (Lipinski definition) is 4. The van der Waals surface area contributed by atoms with E-state index in [4.69, 9.17) is 0 Å². The number of halogens is 1. The van der Waals surface area contributed by atoms with Gasteiger partial charge in [-0.1, -0.05) is 48.5 Å². The summed E-state index contributed by atoms with van der Waals surface area (Å²) in [5.74, 6) is 0.876. The molecule has 0 aliphatic rings. The van der Waals surface area contributed by atoms with Crippen molar-refractivity contribution in [3.05, 3.63) is 77.9 Å². The highest BCUT2D eigenvalue weighted by molar-refractivity contribution is 5.80. The molecule has 1 heterocycles. The number of aryl methyl sites for hydroxylation is 1. The third-order valence-electron chi connectivity index (χ3n) is 3.20. The smallest absolute Gasteiger partial charge is 0.150 e. The van der Waals surface area contributed by atoms with E-state index in [1.165, 1.54) is 12.3 Å². The maximum Gasteiger partial charge on any atom is 0.150 e. The van der Waals surface area contributed by atoms with Crippen LogP contribution in [0.15, 0.2) is 65.8 Å². The summed E-state index contributed by atoms with van der Waals surface area (Å²) in [4.78, 5) is 8.70. The zero-order chi connectivity index (χ0) is 16.1. The van der Waals surface area contributed by atoms with E-state index in [0.29, 0.717) is 17.2 Å². The Labute approximate surface area is 133 Å². The van der Waals surface area contributed by atoms with Crippen molar-refractivity contribution in [1.29, 1.82) is 0 Å². The first-order valence-corrected chi connectivity index (χ1v) is 7.17. The summed E-state index contributed by atoms with van der Waals surface area (Å²) in [7, 11) is 0. The summed E-state index contributed by atoms with van der Waals surface area (Å²) < 4.78 is 13.5. The molecular formula is C18H15FN4. The van der Waals surface area contributed by atoms with Gasteiger partial charge in [-0.05, 0) is 13.0 Å². The zero-order valence-corrected chi connectivity index (χ0v) is 12.6. The van der Waals surface area contributed by atoms with Gasteiger partial charge in [-0.3, -0.25) is 5.43 Å². The summed E-state index contributed by atoms with van der Waals surface area (Å²) >= 11 is 0. The van der Waals surface area contributed by atoms with E-state index in [0.717, 1.165) is 11.3 Å². The lowest BCUT2D eigenvalue weighted by Crippen LogP contribution is -1.99. The fourth-order valence-electron chi connectivity index (χ4n) is 2.13. The molecule has 5 heteroatoms. The monoisotopic (exact) mass is 306 g/mol. The highest BCUT2D eigenvalue weighted by Gasteiger charge is 2.03. The molecule has 3 aromatic rings. The molecule has 0 amide bonds. The van der Waals surface area contributed by atoms with E-state index in [-0.39, 0.29) is 5.82 Å². The minimum absolute atomic E-state index is 0.318. The largest absolute Gasteiger partial charge is 0.261 e. The molecule has 1 aromatic heterocycles. The van der Waals surface area contributed by atoms with Crippen LogP contribution in [0, 0.1) is 12.7 Å². The van der Waals surface area contributed by atoms with Gasteiger partial charge in [0.1, 0.15) is 17.5 Å². The van der Waals surface area contributed by atoms with Gasteiger partial charge in [0.2, 0.25) is 0 Å². The summed E-state index contributed by atoms with van der Waals surface area (Å²) in [6.45, 7) is 1.82. The van der Waals surface area contributed by atoms with Gasteiger partial charge in [0.25, 0.3) is 0 Å². The van der Waals surface area contributed by atoms with Crippen LogP contribution >= 0.6 is 0 Å². The van der Waals surface area contributed by atoms with Crippen LogP contribution < -0.4 is 5.43 Å². The SMILES string of the molecule is Cc1nc(N/N=C/c2ccccc2F)cc(-c2ccccc2)n1. The number of anilines is 1. The second-order valence-electron chi connectivity index (χ2n) is 4.94. The molecule has 0 aliphatic carbocycles. The minimum atomic E-state index is -0.318. The van der Waals surface area contributed by atoms with Crippen molar-refractivity contribution in [2.45, 2.75) is 6.92 Å². The molecular weight excluding hydrogens is 291 g/mol. The Morgan fingerprint density at radius 2 is 1.74 bits per heavy atom. The molecule has 0 spiro atoms. The Kier molecular flexibility index (Phi) is 4.38. The molecule has 0 atom stereocenters. The van der Waals surface area contributed by atoms with Crippen molar-refractivity contribution in [2.75, 3.05) is 5.43 Å². The van der Waals surface area contributed by atoms with Gasteiger partial charge in [0.15, 0.2) is 0 Å². The second-order valence-corrected chi connectivity index (χ2v) is 4.94. The minimum Gasteiger partial charge on any atom is -0.261 e. The van der Waals surface area contributed by atoms with Crippen molar-refractivity contribution in [3.8, 4) is 11.3 Å². The van der Waals surface area contributed by atoms with Gasteiger partial charge < -0.3 is 0 Å². The summed E-state index contributed by atoms with van der Waals surface area (Å²) in [5.41, 5.74) is 5.04. The predicted molar refractivity (Wildman–Crippen MR) is 89.8 cm³/mol. The van der Waals surface area contributed by atoms with E-state index < -0.39 is 0 Å². The van der Waals surface area contributed by atoms with Crippen molar-refractivity contribution in [1.82, 2.24) is 9.97 Å². The van der Waals surface area contributed by atoms with Gasteiger partial charge in [0, 0.05) is 17.2 Å². The Bertz CT molecular complexity index is 831. The lowest BCUT2D eigenvalue weighted by Gasteiger charge is -2.05. The van der Waals surface area contributed by atoms with Gasteiger partial charge in [0.05, 0.1) is 11.9 Å². The van der Waals surface area contributed by atoms with Gasteiger partial charge in [-0.2, -0.15) is 5.10 Å². The molecule has 0 fully saturated rings. The van der Waals surface area contributed by atoms with Crippen LogP contribution in [-0.4, -0.2) is 16.2 Å². The number of nitrogens with one attached hydrogen (secondary N) is 1. The van der Waals surface area contributed by atoms with Gasteiger partial charge in [-0.25, -0.2) is 14.4 Å². The predicted octanol–water partition coefficient (Wildman–Crippen LogP) is 4.04. The average molecular weight is 306 g/mol. The van der Waals surface area contributed by atoms with Gasteiger partial charge >= 0.3 is 0 Å². The van der Waals surface area contributed by atoms with E-state index >= 15 is 0 Å². The molecule has 2 aromatic carbocycles. The first-order valence-electron chi connectivity index (χ1n) is 7.17. The zero-order valence-electron chi connectivity index (χ0n) is 12.6. The van der Waals surface area contributed by atoms with Crippen LogP contribution in [0.25, 0.3) is 11.3 Å². The summed E-state index contributed by atoms with van der Waals surface area (Å²) in [6.07, 6.45) is 1.43. The molecule has 0 bridgehead atoms. The third-order valence-corrected chi connectivity index (χ3v) is 3.20. The Hall–Kier alpha value is -3.08. The van der Waals surface area contributed by atoms with Crippen LogP contribution in [0.2, 0.25) is 0 Å². The van der Waals surface area contributed by atoms with Crippen LogP contribution in [0.1, 0.15) is 11.4 Å². The summed E-state index contributed by atoms with van der Waals surface area (Å²) in [5, 5.41) is 4.04. The lowest BCUT2D eigenvalue weighted by atomic mass is 10.1. The van der Waals surface area contributed by atoms with E-state index in [2.05, 4.69) is 20.5 Å². The van der Waals surface area contributed by atoms with Crippen LogP contribution in [0.3, 0.4) is 0 Å². The molecule has 1 N–H and O–H groups in total. The lowest BCUT2D eigenvalue weighted by molar-refractivity contribution is 0.626. The van der Waals surface area contributed by atoms with Gasteiger partial charge in [-0.15, -0.1) is 0 Å². The molecule has 3 rings (SSSR count). The first kappa shape index (κ1) is 14.8. The molecule has 0 saturated carbocycles. The van der Waals surface area contributed by atoms with Crippen molar-refractivity contribution < 1.29 is 4.39 Å². The molecule has 114 valence electrons. The van der Waals surface area contributed by atoms with Crippen molar-refractivity contribution in [3.63, 3.8) is 0 Å². The number of benzene rings is 2. The summed E-state index contributed by atoms with van der Waals surface area (Å²) in [6, 6.07) is 18.1. The molecule has 23 heavy (non-hydrogen) atoms. The highest BCUT2D eigenvalue weighted by Crippen LogP contribution is 2.19.